The summed E-state index contributed by atoms with van der Waals surface area (Å²) >= 11 is 0. The Morgan fingerprint density at radius 2 is 1.73 bits per heavy atom. The molecule has 1 aromatic heterocycles. The van der Waals surface area contributed by atoms with Crippen LogP contribution in [-0.4, -0.2) is 28.8 Å². The summed E-state index contributed by atoms with van der Waals surface area (Å²) in [6.07, 6.45) is 0. The van der Waals surface area contributed by atoms with Crippen LogP contribution in [0.4, 0.5) is 0 Å². The number of carbonyl (C=O) groups excluding carboxylic acids is 2. The monoisotopic (exact) mass is 495 g/mol. The van der Waals surface area contributed by atoms with Gasteiger partial charge in [0.05, 0.1) is 18.7 Å². The van der Waals surface area contributed by atoms with E-state index in [4.69, 9.17) is 9.15 Å². The summed E-state index contributed by atoms with van der Waals surface area (Å²) in [5.74, 6) is -0.938. The molecule has 2 heterocycles. The molecule has 0 radical (unpaired) electrons. The van der Waals surface area contributed by atoms with E-state index < -0.39 is 23.5 Å². The summed E-state index contributed by atoms with van der Waals surface area (Å²) in [5, 5.41) is 11.8. The number of para-hydroxylation sites is 1. The fourth-order valence-corrected chi connectivity index (χ4v) is 4.75. The molecule has 0 spiro atoms. The van der Waals surface area contributed by atoms with Crippen LogP contribution in [-0.2, 0) is 16.8 Å². The molecule has 4 aromatic rings. The molecule has 1 amide bonds. The lowest BCUT2D eigenvalue weighted by molar-refractivity contribution is -0.130. The predicted molar refractivity (Wildman–Crippen MR) is 142 cm³/mol. The van der Waals surface area contributed by atoms with Crippen LogP contribution in [0.25, 0.3) is 11.0 Å². The summed E-state index contributed by atoms with van der Waals surface area (Å²) in [4.78, 5) is 28.7. The number of carbonyl (C=O) groups is 2. The van der Waals surface area contributed by atoms with Gasteiger partial charge in [0, 0.05) is 11.9 Å². The number of benzene rings is 3. The van der Waals surface area contributed by atoms with E-state index in [1.54, 1.807) is 19.2 Å². The number of rotatable bonds is 6. The van der Waals surface area contributed by atoms with Gasteiger partial charge < -0.3 is 19.2 Å². The van der Waals surface area contributed by atoms with E-state index in [0.29, 0.717) is 11.3 Å². The Kier molecular flexibility index (Phi) is 6.12. The number of methoxy groups -OCH3 is 1. The fourth-order valence-electron chi connectivity index (χ4n) is 4.75. The number of furan rings is 1. The molecule has 1 unspecified atom stereocenters. The first-order chi connectivity index (χ1) is 17.7. The highest BCUT2D eigenvalue weighted by Crippen LogP contribution is 2.41. The van der Waals surface area contributed by atoms with Crippen molar-refractivity contribution in [1.82, 2.24) is 4.90 Å². The van der Waals surface area contributed by atoms with Crippen LogP contribution in [0.5, 0.6) is 5.75 Å². The standard InChI is InChI=1S/C31H29NO5/c1-31(2,3)22-14-12-20(13-15-22)27-26(28(33)25-17-21-9-5-6-11-24(21)37-25)29(34)30(35)32(27)18-19-8-7-10-23(16-19)36-4/h5-17,27,34H,18H2,1-4H3. The van der Waals surface area contributed by atoms with Crippen molar-refractivity contribution >= 4 is 22.7 Å². The third-order valence-corrected chi connectivity index (χ3v) is 6.78. The second-order valence-electron chi connectivity index (χ2n) is 10.3. The maximum Gasteiger partial charge on any atom is 0.290 e. The van der Waals surface area contributed by atoms with Crippen LogP contribution in [0, 0.1) is 0 Å². The van der Waals surface area contributed by atoms with E-state index in [1.807, 2.05) is 66.7 Å². The number of aliphatic hydroxyl groups excluding tert-OH is 1. The van der Waals surface area contributed by atoms with Gasteiger partial charge in [0.15, 0.2) is 11.5 Å². The van der Waals surface area contributed by atoms with Crippen molar-refractivity contribution in [3.63, 3.8) is 0 Å². The van der Waals surface area contributed by atoms with Gasteiger partial charge in [-0.25, -0.2) is 0 Å². The van der Waals surface area contributed by atoms with E-state index in [1.165, 1.54) is 4.90 Å². The van der Waals surface area contributed by atoms with Crippen molar-refractivity contribution in [2.45, 2.75) is 38.8 Å². The zero-order valence-corrected chi connectivity index (χ0v) is 21.3. The lowest BCUT2D eigenvalue weighted by Crippen LogP contribution is -2.30. The molecule has 0 saturated carbocycles. The number of nitrogens with zero attached hydrogens (tertiary/aromatic N) is 1. The first kappa shape index (κ1) is 24.4. The summed E-state index contributed by atoms with van der Waals surface area (Å²) in [6.45, 7) is 6.55. The van der Waals surface area contributed by atoms with Crippen molar-refractivity contribution < 1.29 is 23.8 Å². The Balaban J connectivity index is 1.59. The van der Waals surface area contributed by atoms with Crippen molar-refractivity contribution in [3.8, 4) is 5.75 Å². The van der Waals surface area contributed by atoms with Crippen LogP contribution in [0.15, 0.2) is 94.6 Å². The van der Waals surface area contributed by atoms with Crippen LogP contribution >= 0.6 is 0 Å². The van der Waals surface area contributed by atoms with Crippen molar-refractivity contribution in [2.75, 3.05) is 7.11 Å². The van der Waals surface area contributed by atoms with E-state index in [-0.39, 0.29) is 23.3 Å². The van der Waals surface area contributed by atoms with Gasteiger partial charge in [-0.3, -0.25) is 9.59 Å². The van der Waals surface area contributed by atoms with Crippen molar-refractivity contribution in [2.24, 2.45) is 0 Å². The zero-order valence-electron chi connectivity index (χ0n) is 21.3. The molecular formula is C31H29NO5. The van der Waals surface area contributed by atoms with E-state index in [9.17, 15) is 14.7 Å². The summed E-state index contributed by atoms with van der Waals surface area (Å²) in [5.41, 5.74) is 3.18. The first-order valence-electron chi connectivity index (χ1n) is 12.2. The topological polar surface area (TPSA) is 80.0 Å². The summed E-state index contributed by atoms with van der Waals surface area (Å²) in [6, 6.07) is 23.4. The molecule has 1 N–H and O–H groups in total. The number of hydrogen-bond donors (Lipinski definition) is 1. The number of ether oxygens (including phenoxy) is 1. The number of fused-ring (bicyclic) bond motifs is 1. The van der Waals surface area contributed by atoms with E-state index >= 15 is 0 Å². The average molecular weight is 496 g/mol. The largest absolute Gasteiger partial charge is 0.503 e. The average Bonchev–Trinajstić information content (AvgIpc) is 3.43. The number of hydrogen-bond acceptors (Lipinski definition) is 5. The van der Waals surface area contributed by atoms with Crippen LogP contribution < -0.4 is 4.74 Å². The molecule has 0 bridgehead atoms. The lowest BCUT2D eigenvalue weighted by Gasteiger charge is -2.28. The zero-order chi connectivity index (χ0) is 26.3. The minimum atomic E-state index is -0.784. The molecule has 188 valence electrons. The van der Waals surface area contributed by atoms with Gasteiger partial charge >= 0.3 is 0 Å². The van der Waals surface area contributed by atoms with Crippen LogP contribution in [0.3, 0.4) is 0 Å². The highest BCUT2D eigenvalue weighted by molar-refractivity contribution is 6.16. The molecule has 1 aliphatic rings. The maximum absolute atomic E-state index is 13.8. The molecular weight excluding hydrogens is 466 g/mol. The number of Topliss-reactive ketones (excluding diaryl/α,β-unsaturated/α-hetero) is 1. The predicted octanol–water partition coefficient (Wildman–Crippen LogP) is 6.52. The summed E-state index contributed by atoms with van der Waals surface area (Å²) < 4.78 is 11.2. The second-order valence-corrected chi connectivity index (χ2v) is 10.3. The maximum atomic E-state index is 13.8. The van der Waals surface area contributed by atoms with Gasteiger partial charge in [0.1, 0.15) is 11.3 Å². The Morgan fingerprint density at radius 1 is 1.00 bits per heavy atom. The second kappa shape index (κ2) is 9.28. The third-order valence-electron chi connectivity index (χ3n) is 6.78. The number of ketones is 1. The Morgan fingerprint density at radius 3 is 2.41 bits per heavy atom. The number of amides is 1. The van der Waals surface area contributed by atoms with Gasteiger partial charge in [0.25, 0.3) is 5.91 Å². The minimum absolute atomic E-state index is 0.00969. The molecule has 1 aliphatic heterocycles. The molecule has 5 rings (SSSR count). The molecule has 37 heavy (non-hydrogen) atoms. The van der Waals surface area contributed by atoms with Gasteiger partial charge in [-0.2, -0.15) is 0 Å². The van der Waals surface area contributed by atoms with Crippen molar-refractivity contribution in [3.05, 3.63) is 113 Å². The normalized spacial score (nSPS) is 16.1. The minimum Gasteiger partial charge on any atom is -0.503 e. The first-order valence-corrected chi connectivity index (χ1v) is 12.2. The Hall–Kier alpha value is -4.32. The Labute approximate surface area is 215 Å². The quantitative estimate of drug-likeness (QED) is 0.308. The molecule has 6 heteroatoms. The smallest absolute Gasteiger partial charge is 0.290 e. The fraction of sp³-hybridized carbons (Fsp3) is 0.226. The molecule has 0 fully saturated rings. The molecule has 3 aromatic carbocycles. The number of aliphatic hydroxyl groups is 1. The highest BCUT2D eigenvalue weighted by atomic mass is 16.5. The molecule has 6 nitrogen and oxygen atoms in total. The van der Waals surface area contributed by atoms with E-state index in [2.05, 4.69) is 20.8 Å². The van der Waals surface area contributed by atoms with E-state index in [0.717, 1.165) is 22.1 Å². The third kappa shape index (κ3) is 4.51. The van der Waals surface area contributed by atoms with Gasteiger partial charge in [0.2, 0.25) is 5.78 Å². The lowest BCUT2D eigenvalue weighted by atomic mass is 9.85. The SMILES string of the molecule is COc1cccc(CN2C(=O)C(O)=C(C(=O)c3cc4ccccc4o3)C2c2ccc(C(C)(C)C)cc2)c1. The molecule has 0 saturated heterocycles. The molecule has 0 aliphatic carbocycles. The van der Waals surface area contributed by atoms with Crippen LogP contribution in [0.2, 0.25) is 0 Å². The van der Waals surface area contributed by atoms with Gasteiger partial charge in [-0.05, 0) is 46.4 Å². The summed E-state index contributed by atoms with van der Waals surface area (Å²) in [7, 11) is 1.58. The van der Waals surface area contributed by atoms with Crippen molar-refractivity contribution in [1.29, 1.82) is 0 Å². The Bertz CT molecular complexity index is 1490. The van der Waals surface area contributed by atoms with Gasteiger partial charge in [-0.15, -0.1) is 0 Å². The van der Waals surface area contributed by atoms with Crippen LogP contribution in [0.1, 0.15) is 54.1 Å². The van der Waals surface area contributed by atoms with Gasteiger partial charge in [-0.1, -0.05) is 75.4 Å². The highest BCUT2D eigenvalue weighted by Gasteiger charge is 2.44. The molecule has 1 atom stereocenters.